The third-order valence-electron chi connectivity index (χ3n) is 2.32. The number of carbonyl (C=O) groups excluding carboxylic acids is 1. The van der Waals surface area contributed by atoms with Crippen LogP contribution in [0.1, 0.15) is 35.9 Å². The summed E-state index contributed by atoms with van der Waals surface area (Å²) in [6, 6.07) is 2.94. The Balaban J connectivity index is 3.26. The minimum absolute atomic E-state index is 0.0562. The Kier molecular flexibility index (Phi) is 5.64. The van der Waals surface area contributed by atoms with Crippen LogP contribution in [0.4, 0.5) is 8.78 Å². The first-order chi connectivity index (χ1) is 9.03. The summed E-state index contributed by atoms with van der Waals surface area (Å²) in [7, 11) is 0. The summed E-state index contributed by atoms with van der Waals surface area (Å²) in [4.78, 5) is 15.1. The molecule has 0 amide bonds. The molecule has 0 unspecified atom stereocenters. The van der Waals surface area contributed by atoms with Crippen LogP contribution in [0.25, 0.3) is 0 Å². The molecule has 1 aromatic rings. The zero-order valence-corrected chi connectivity index (χ0v) is 10.9. The van der Waals surface area contributed by atoms with E-state index in [1.807, 2.05) is 0 Å². The molecule has 0 spiro atoms. The Bertz CT molecular complexity index is 515. The average Bonchev–Trinajstić information content (AvgIpc) is 2.37. The van der Waals surface area contributed by atoms with Crippen molar-refractivity contribution in [1.29, 1.82) is 5.26 Å². The van der Waals surface area contributed by atoms with E-state index in [2.05, 4.69) is 9.72 Å². The minimum atomic E-state index is -2.82. The number of alkyl halides is 3. The standard InChI is InChI=1S/C12H11ClF2N2O2/c1-2-19-10(18)4-9-11(12(14)15)7(5-13)3-8(6-16)17-9/h3,12H,2,4-5H2,1H3. The van der Waals surface area contributed by atoms with Crippen LogP contribution in [0.2, 0.25) is 0 Å². The van der Waals surface area contributed by atoms with Crippen molar-refractivity contribution < 1.29 is 18.3 Å². The maximum Gasteiger partial charge on any atom is 0.311 e. The molecular weight excluding hydrogens is 278 g/mol. The van der Waals surface area contributed by atoms with Gasteiger partial charge in [-0.25, -0.2) is 13.8 Å². The lowest BCUT2D eigenvalue weighted by Gasteiger charge is -2.12. The van der Waals surface area contributed by atoms with Gasteiger partial charge in [0.25, 0.3) is 6.43 Å². The number of ether oxygens (including phenoxy) is 1. The number of hydrogen-bond acceptors (Lipinski definition) is 4. The van der Waals surface area contributed by atoms with Gasteiger partial charge in [0.05, 0.1) is 18.7 Å². The fraction of sp³-hybridized carbons (Fsp3) is 0.417. The van der Waals surface area contributed by atoms with E-state index in [4.69, 9.17) is 16.9 Å². The largest absolute Gasteiger partial charge is 0.466 e. The van der Waals surface area contributed by atoms with Crippen molar-refractivity contribution in [3.05, 3.63) is 28.6 Å². The van der Waals surface area contributed by atoms with Gasteiger partial charge in [-0.1, -0.05) is 0 Å². The first kappa shape index (κ1) is 15.3. The van der Waals surface area contributed by atoms with Crippen LogP contribution >= 0.6 is 11.6 Å². The summed E-state index contributed by atoms with van der Waals surface area (Å²) >= 11 is 5.59. The Morgan fingerprint density at radius 2 is 2.32 bits per heavy atom. The van der Waals surface area contributed by atoms with Gasteiger partial charge in [0.1, 0.15) is 11.8 Å². The van der Waals surface area contributed by atoms with Gasteiger partial charge in [-0.15, -0.1) is 11.6 Å². The second-order valence-corrected chi connectivity index (χ2v) is 3.82. The second-order valence-electron chi connectivity index (χ2n) is 3.55. The van der Waals surface area contributed by atoms with E-state index in [0.717, 1.165) is 0 Å². The summed E-state index contributed by atoms with van der Waals surface area (Å²) < 4.78 is 30.7. The van der Waals surface area contributed by atoms with E-state index in [0.29, 0.717) is 0 Å². The number of nitriles is 1. The molecule has 0 saturated carbocycles. The lowest BCUT2D eigenvalue weighted by atomic mass is 10.0. The van der Waals surface area contributed by atoms with Crippen molar-refractivity contribution in [2.75, 3.05) is 6.61 Å². The molecule has 0 bridgehead atoms. The third-order valence-corrected chi connectivity index (χ3v) is 2.60. The predicted octanol–water partition coefficient (Wildman–Crippen LogP) is 2.74. The van der Waals surface area contributed by atoms with Crippen LogP contribution in [0, 0.1) is 11.3 Å². The molecule has 0 aliphatic rings. The molecule has 0 aromatic carbocycles. The highest BCUT2D eigenvalue weighted by molar-refractivity contribution is 6.17. The molecule has 4 nitrogen and oxygen atoms in total. The van der Waals surface area contributed by atoms with Crippen molar-refractivity contribution in [3.63, 3.8) is 0 Å². The molecule has 0 N–H and O–H groups in total. The fourth-order valence-corrected chi connectivity index (χ4v) is 1.80. The molecule has 0 aliphatic heterocycles. The molecule has 1 aromatic heterocycles. The van der Waals surface area contributed by atoms with Crippen LogP contribution in [-0.4, -0.2) is 17.6 Å². The molecule has 0 radical (unpaired) electrons. The maximum atomic E-state index is 13.0. The zero-order valence-electron chi connectivity index (χ0n) is 10.1. The summed E-state index contributed by atoms with van der Waals surface area (Å²) in [5.41, 5.74) is -0.521. The van der Waals surface area contributed by atoms with E-state index >= 15 is 0 Å². The van der Waals surface area contributed by atoms with Crippen LogP contribution in [0.15, 0.2) is 6.07 Å². The normalized spacial score (nSPS) is 10.3. The molecule has 0 saturated heterocycles. The molecule has 1 heterocycles. The van der Waals surface area contributed by atoms with E-state index in [1.165, 1.54) is 6.07 Å². The monoisotopic (exact) mass is 288 g/mol. The number of aromatic nitrogens is 1. The van der Waals surface area contributed by atoms with E-state index in [9.17, 15) is 13.6 Å². The van der Waals surface area contributed by atoms with E-state index in [-0.39, 0.29) is 29.4 Å². The fourth-order valence-electron chi connectivity index (χ4n) is 1.58. The Morgan fingerprint density at radius 1 is 1.63 bits per heavy atom. The number of halogens is 3. The molecule has 19 heavy (non-hydrogen) atoms. The van der Waals surface area contributed by atoms with Crippen molar-refractivity contribution in [2.45, 2.75) is 25.7 Å². The average molecular weight is 289 g/mol. The minimum Gasteiger partial charge on any atom is -0.466 e. The molecule has 0 aliphatic carbocycles. The van der Waals surface area contributed by atoms with Crippen LogP contribution < -0.4 is 0 Å². The first-order valence-corrected chi connectivity index (χ1v) is 5.99. The van der Waals surface area contributed by atoms with Gasteiger partial charge in [0.2, 0.25) is 0 Å². The zero-order chi connectivity index (χ0) is 14.4. The van der Waals surface area contributed by atoms with Gasteiger partial charge in [-0.2, -0.15) is 5.26 Å². The van der Waals surface area contributed by atoms with Gasteiger partial charge < -0.3 is 4.74 Å². The summed E-state index contributed by atoms with van der Waals surface area (Å²) in [5, 5.41) is 8.79. The number of pyridine rings is 1. The van der Waals surface area contributed by atoms with Crippen LogP contribution in [0.3, 0.4) is 0 Å². The number of carbonyl (C=O) groups is 1. The smallest absolute Gasteiger partial charge is 0.311 e. The highest BCUT2D eigenvalue weighted by Gasteiger charge is 2.22. The van der Waals surface area contributed by atoms with E-state index in [1.54, 1.807) is 13.0 Å². The van der Waals surface area contributed by atoms with Crippen molar-refractivity contribution >= 4 is 17.6 Å². The highest BCUT2D eigenvalue weighted by atomic mass is 35.5. The SMILES string of the molecule is CCOC(=O)Cc1nc(C#N)cc(CCl)c1C(F)F. The number of rotatable bonds is 5. The van der Waals surface area contributed by atoms with Gasteiger partial charge in [-0.05, 0) is 18.6 Å². The highest BCUT2D eigenvalue weighted by Crippen LogP contribution is 2.28. The Morgan fingerprint density at radius 3 is 2.79 bits per heavy atom. The predicted molar refractivity (Wildman–Crippen MR) is 63.8 cm³/mol. The summed E-state index contributed by atoms with van der Waals surface area (Å²) in [6.45, 7) is 1.75. The number of esters is 1. The maximum absolute atomic E-state index is 13.0. The quantitative estimate of drug-likeness (QED) is 0.617. The van der Waals surface area contributed by atoms with Gasteiger partial charge in [0.15, 0.2) is 0 Å². The van der Waals surface area contributed by atoms with Crippen LogP contribution in [-0.2, 0) is 21.8 Å². The van der Waals surface area contributed by atoms with E-state index < -0.39 is 24.4 Å². The number of hydrogen-bond donors (Lipinski definition) is 0. The molecule has 0 fully saturated rings. The second kappa shape index (κ2) is 7.00. The topological polar surface area (TPSA) is 63.0 Å². The third kappa shape index (κ3) is 3.86. The van der Waals surface area contributed by atoms with Gasteiger partial charge in [-0.3, -0.25) is 4.79 Å². The van der Waals surface area contributed by atoms with Crippen LogP contribution in [0.5, 0.6) is 0 Å². The van der Waals surface area contributed by atoms with Crippen molar-refractivity contribution in [1.82, 2.24) is 4.98 Å². The molecule has 102 valence electrons. The molecule has 0 atom stereocenters. The first-order valence-electron chi connectivity index (χ1n) is 5.46. The summed E-state index contributed by atoms with van der Waals surface area (Å²) in [5.74, 6) is -0.861. The molecular formula is C12H11ClF2N2O2. The lowest BCUT2D eigenvalue weighted by molar-refractivity contribution is -0.142. The summed E-state index contributed by atoms with van der Waals surface area (Å²) in [6.07, 6.45) is -3.23. The number of nitrogens with zero attached hydrogens (tertiary/aromatic N) is 2. The van der Waals surface area contributed by atoms with Crippen molar-refractivity contribution in [2.24, 2.45) is 0 Å². The van der Waals surface area contributed by atoms with Gasteiger partial charge in [0, 0.05) is 11.4 Å². The molecule has 1 rings (SSSR count). The Labute approximate surface area is 114 Å². The van der Waals surface area contributed by atoms with Gasteiger partial charge >= 0.3 is 5.97 Å². The Hall–Kier alpha value is -1.74. The lowest BCUT2D eigenvalue weighted by Crippen LogP contribution is -2.13. The molecule has 7 heteroatoms. The van der Waals surface area contributed by atoms with Crippen molar-refractivity contribution in [3.8, 4) is 6.07 Å².